The van der Waals surface area contributed by atoms with Crippen molar-refractivity contribution >= 4 is 55.8 Å². The third-order valence-electron chi connectivity index (χ3n) is 4.90. The molecule has 7 nitrogen and oxygen atoms in total. The van der Waals surface area contributed by atoms with Gasteiger partial charge in [0.15, 0.2) is 5.13 Å². The molecule has 2 aromatic heterocycles. The highest BCUT2D eigenvalue weighted by Gasteiger charge is 2.22. The number of rotatable bonds is 4. The summed E-state index contributed by atoms with van der Waals surface area (Å²) in [5, 5.41) is 10.6. The minimum atomic E-state index is -0.422. The maximum atomic E-state index is 13.0. The number of para-hydroxylation sites is 1. The van der Waals surface area contributed by atoms with E-state index in [1.807, 2.05) is 38.1 Å². The molecule has 0 aliphatic carbocycles. The summed E-state index contributed by atoms with van der Waals surface area (Å²) in [6, 6.07) is 11.2. The zero-order valence-electron chi connectivity index (χ0n) is 17.4. The number of fused-ring (bicyclic) bond motifs is 1. The fourth-order valence-electron chi connectivity index (χ4n) is 3.34. The van der Waals surface area contributed by atoms with E-state index in [1.54, 1.807) is 26.1 Å². The number of thiazole rings is 1. The van der Waals surface area contributed by atoms with Gasteiger partial charge >= 0.3 is 0 Å². The third-order valence-corrected chi connectivity index (χ3v) is 6.27. The van der Waals surface area contributed by atoms with E-state index in [9.17, 15) is 9.59 Å². The Morgan fingerprint density at radius 2 is 1.84 bits per heavy atom. The van der Waals surface area contributed by atoms with Gasteiger partial charge in [0.25, 0.3) is 11.8 Å². The molecule has 0 saturated carbocycles. The molecule has 0 spiro atoms. The summed E-state index contributed by atoms with van der Waals surface area (Å²) in [5.74, 6) is -0.779. The molecular weight excluding hydrogens is 434 g/mol. The number of nitrogens with zero attached hydrogens (tertiary/aromatic N) is 3. The van der Waals surface area contributed by atoms with Crippen LogP contribution < -0.4 is 10.6 Å². The minimum Gasteiger partial charge on any atom is -0.321 e. The van der Waals surface area contributed by atoms with Crippen LogP contribution in [0.15, 0.2) is 36.4 Å². The lowest BCUT2D eigenvalue weighted by Gasteiger charge is -2.13. The summed E-state index contributed by atoms with van der Waals surface area (Å²) in [4.78, 5) is 30.4. The lowest BCUT2D eigenvalue weighted by molar-refractivity contribution is 0.102. The van der Waals surface area contributed by atoms with Crippen LogP contribution in [-0.4, -0.2) is 26.6 Å². The van der Waals surface area contributed by atoms with Gasteiger partial charge < -0.3 is 5.32 Å². The quantitative estimate of drug-likeness (QED) is 0.449. The van der Waals surface area contributed by atoms with E-state index in [2.05, 4.69) is 20.7 Å². The highest BCUT2D eigenvalue weighted by atomic mass is 35.5. The Labute approximate surface area is 188 Å². The molecule has 0 aliphatic heterocycles. The third kappa shape index (κ3) is 4.04. The zero-order chi connectivity index (χ0) is 22.3. The van der Waals surface area contributed by atoms with Crippen molar-refractivity contribution in [3.63, 3.8) is 0 Å². The summed E-state index contributed by atoms with van der Waals surface area (Å²) in [6.45, 7) is 5.54. The topological polar surface area (TPSA) is 88.9 Å². The van der Waals surface area contributed by atoms with Crippen LogP contribution >= 0.6 is 22.9 Å². The number of carbonyl (C=O) groups excluding carboxylic acids is 2. The second-order valence-electron chi connectivity index (χ2n) is 7.27. The molecule has 4 rings (SSSR count). The van der Waals surface area contributed by atoms with Gasteiger partial charge in [-0.25, -0.2) is 4.98 Å². The van der Waals surface area contributed by atoms with Gasteiger partial charge in [-0.2, -0.15) is 5.10 Å². The predicted molar refractivity (Wildman–Crippen MR) is 124 cm³/mol. The first-order valence-electron chi connectivity index (χ1n) is 9.53. The molecule has 0 fully saturated rings. The number of carbonyl (C=O) groups is 2. The smallest absolute Gasteiger partial charge is 0.260 e. The molecule has 4 aromatic rings. The van der Waals surface area contributed by atoms with E-state index < -0.39 is 5.91 Å². The number of halogens is 1. The molecule has 0 atom stereocenters. The Balaban J connectivity index is 1.63. The number of hydrogen-bond donors (Lipinski definition) is 2. The van der Waals surface area contributed by atoms with Crippen LogP contribution in [0.3, 0.4) is 0 Å². The maximum absolute atomic E-state index is 13.0. The van der Waals surface area contributed by atoms with Crippen LogP contribution in [0.4, 0.5) is 10.8 Å². The highest BCUT2D eigenvalue weighted by molar-refractivity contribution is 7.22. The fourth-order valence-corrected chi connectivity index (χ4v) is 4.56. The first-order valence-corrected chi connectivity index (χ1v) is 10.7. The van der Waals surface area contributed by atoms with Gasteiger partial charge in [0.2, 0.25) is 0 Å². The Bertz CT molecular complexity index is 1340. The summed E-state index contributed by atoms with van der Waals surface area (Å²) >= 11 is 7.63. The van der Waals surface area contributed by atoms with Crippen LogP contribution in [0.25, 0.3) is 10.2 Å². The van der Waals surface area contributed by atoms with E-state index in [0.29, 0.717) is 22.1 Å². The molecule has 0 bridgehead atoms. The molecule has 0 radical (unpaired) electrons. The first kappa shape index (κ1) is 21.0. The van der Waals surface area contributed by atoms with Crippen LogP contribution in [0.1, 0.15) is 37.5 Å². The van der Waals surface area contributed by atoms with Crippen LogP contribution in [0, 0.1) is 20.8 Å². The van der Waals surface area contributed by atoms with Crippen molar-refractivity contribution in [1.82, 2.24) is 14.8 Å². The van der Waals surface area contributed by atoms with Gasteiger partial charge in [0.05, 0.1) is 32.7 Å². The molecule has 9 heteroatoms. The summed E-state index contributed by atoms with van der Waals surface area (Å²) < 4.78 is 2.43. The largest absolute Gasteiger partial charge is 0.321 e. The van der Waals surface area contributed by atoms with Gasteiger partial charge in [0.1, 0.15) is 5.15 Å². The molecule has 158 valence electrons. The number of nitrogens with one attached hydrogen (secondary N) is 2. The van der Waals surface area contributed by atoms with E-state index in [0.717, 1.165) is 21.3 Å². The van der Waals surface area contributed by atoms with Crippen molar-refractivity contribution in [1.29, 1.82) is 0 Å². The SMILES string of the molecule is Cc1ccc2nc(NC(=O)c3cccc(C)c3NC(=O)c3c(C)nn(C)c3Cl)sc2c1. The van der Waals surface area contributed by atoms with Crippen LogP contribution in [0.2, 0.25) is 5.15 Å². The number of amides is 2. The zero-order valence-corrected chi connectivity index (χ0v) is 19.0. The van der Waals surface area contributed by atoms with E-state index in [1.165, 1.54) is 16.0 Å². The van der Waals surface area contributed by atoms with Crippen molar-refractivity contribution in [2.45, 2.75) is 20.8 Å². The second-order valence-corrected chi connectivity index (χ2v) is 8.66. The van der Waals surface area contributed by atoms with Crippen molar-refractivity contribution in [2.75, 3.05) is 10.6 Å². The summed E-state index contributed by atoms with van der Waals surface area (Å²) in [5.41, 5.74) is 4.24. The van der Waals surface area contributed by atoms with Gasteiger partial charge in [-0.1, -0.05) is 41.1 Å². The van der Waals surface area contributed by atoms with Crippen molar-refractivity contribution in [2.24, 2.45) is 7.05 Å². The van der Waals surface area contributed by atoms with Crippen molar-refractivity contribution < 1.29 is 9.59 Å². The molecule has 0 saturated heterocycles. The van der Waals surface area contributed by atoms with E-state index >= 15 is 0 Å². The molecule has 0 unspecified atom stereocenters. The monoisotopic (exact) mass is 453 g/mol. The number of hydrogen-bond acceptors (Lipinski definition) is 5. The lowest BCUT2D eigenvalue weighted by Crippen LogP contribution is -2.19. The van der Waals surface area contributed by atoms with Gasteiger partial charge in [-0.15, -0.1) is 0 Å². The number of aromatic nitrogens is 3. The van der Waals surface area contributed by atoms with Crippen molar-refractivity contribution in [3.8, 4) is 0 Å². The molecule has 2 amide bonds. The standard InChI is InChI=1S/C22H20ClN5O2S/c1-11-8-9-15-16(10-11)31-22(24-15)26-20(29)14-7-5-6-12(2)18(14)25-21(30)17-13(3)27-28(4)19(17)23/h5-10H,1-4H3,(H,25,30)(H,24,26,29). The van der Waals surface area contributed by atoms with Gasteiger partial charge in [0, 0.05) is 7.05 Å². The fraction of sp³-hybridized carbons (Fsp3) is 0.182. The molecule has 31 heavy (non-hydrogen) atoms. The van der Waals surface area contributed by atoms with E-state index in [-0.39, 0.29) is 16.6 Å². The number of anilines is 2. The summed E-state index contributed by atoms with van der Waals surface area (Å²) in [7, 11) is 1.66. The summed E-state index contributed by atoms with van der Waals surface area (Å²) in [6.07, 6.45) is 0. The van der Waals surface area contributed by atoms with E-state index in [4.69, 9.17) is 11.6 Å². The van der Waals surface area contributed by atoms with Crippen LogP contribution in [0.5, 0.6) is 0 Å². The number of aryl methyl sites for hydroxylation is 4. The molecule has 2 N–H and O–H groups in total. The number of benzene rings is 2. The average Bonchev–Trinajstić information content (AvgIpc) is 3.21. The van der Waals surface area contributed by atoms with Crippen molar-refractivity contribution in [3.05, 3.63) is 69.5 Å². The normalized spacial score (nSPS) is 11.0. The second kappa shape index (κ2) is 8.13. The lowest BCUT2D eigenvalue weighted by atomic mass is 10.1. The predicted octanol–water partition coefficient (Wildman–Crippen LogP) is 5.11. The maximum Gasteiger partial charge on any atom is 0.260 e. The molecule has 2 heterocycles. The Morgan fingerprint density at radius 3 is 2.55 bits per heavy atom. The Morgan fingerprint density at radius 1 is 1.06 bits per heavy atom. The first-order chi connectivity index (χ1) is 14.7. The van der Waals surface area contributed by atoms with Gasteiger partial charge in [-0.3, -0.25) is 19.6 Å². The molecular formula is C22H20ClN5O2S. The highest BCUT2D eigenvalue weighted by Crippen LogP contribution is 2.29. The van der Waals surface area contributed by atoms with Gasteiger partial charge in [-0.05, 0) is 50.1 Å². The Hall–Kier alpha value is -3.23. The minimum absolute atomic E-state index is 0.236. The molecule has 2 aromatic carbocycles. The van der Waals surface area contributed by atoms with Crippen LogP contribution in [-0.2, 0) is 7.05 Å². The molecule has 0 aliphatic rings. The Kier molecular flexibility index (Phi) is 5.51. The average molecular weight is 454 g/mol.